The second-order valence-electron chi connectivity index (χ2n) is 4.47. The normalized spacial score (nSPS) is 18.1. The van der Waals surface area contributed by atoms with E-state index < -0.39 is 0 Å². The first kappa shape index (κ1) is 10.7. The number of rotatable bonds is 1. The van der Waals surface area contributed by atoms with Crippen molar-refractivity contribution in [3.63, 3.8) is 0 Å². The lowest BCUT2D eigenvalue weighted by Crippen LogP contribution is -1.96. The van der Waals surface area contributed by atoms with Gasteiger partial charge < -0.3 is 5.11 Å². The summed E-state index contributed by atoms with van der Waals surface area (Å²) in [6.07, 6.45) is 2.13. The van der Waals surface area contributed by atoms with Gasteiger partial charge in [-0.3, -0.25) is 0 Å². The van der Waals surface area contributed by atoms with Crippen molar-refractivity contribution in [2.45, 2.75) is 18.8 Å². The van der Waals surface area contributed by atoms with Crippen LogP contribution in [0.1, 0.15) is 29.0 Å². The van der Waals surface area contributed by atoms with Gasteiger partial charge in [-0.25, -0.2) is 0 Å². The van der Waals surface area contributed by atoms with Crippen molar-refractivity contribution in [3.05, 3.63) is 64.2 Å². The predicted octanol–water partition coefficient (Wildman–Crippen LogP) is 4.12. The molecule has 1 unspecified atom stereocenters. The van der Waals surface area contributed by atoms with Gasteiger partial charge in [0.1, 0.15) is 5.75 Å². The molecular formula is C15H13ClO. The molecule has 0 amide bonds. The predicted molar refractivity (Wildman–Crippen MR) is 69.7 cm³/mol. The Kier molecular flexibility index (Phi) is 2.56. The Morgan fingerprint density at radius 1 is 1.00 bits per heavy atom. The number of fused-ring (bicyclic) bond motifs is 1. The summed E-state index contributed by atoms with van der Waals surface area (Å²) >= 11 is 5.97. The first-order valence-corrected chi connectivity index (χ1v) is 6.20. The number of aryl methyl sites for hydroxylation is 1. The summed E-state index contributed by atoms with van der Waals surface area (Å²) in [5.41, 5.74) is 3.66. The van der Waals surface area contributed by atoms with Gasteiger partial charge >= 0.3 is 0 Å². The Morgan fingerprint density at radius 3 is 2.65 bits per heavy atom. The Morgan fingerprint density at radius 2 is 1.76 bits per heavy atom. The summed E-state index contributed by atoms with van der Waals surface area (Å²) in [7, 11) is 0. The minimum Gasteiger partial charge on any atom is -0.506 e. The second kappa shape index (κ2) is 4.08. The molecule has 0 aliphatic heterocycles. The van der Waals surface area contributed by atoms with Crippen LogP contribution in [0.2, 0.25) is 5.02 Å². The quantitative estimate of drug-likeness (QED) is 0.800. The average Bonchev–Trinajstić information content (AvgIpc) is 2.77. The van der Waals surface area contributed by atoms with Crippen molar-refractivity contribution in [2.24, 2.45) is 0 Å². The molecule has 17 heavy (non-hydrogen) atoms. The smallest absolute Gasteiger partial charge is 0.137 e. The zero-order chi connectivity index (χ0) is 11.8. The highest BCUT2D eigenvalue weighted by Crippen LogP contribution is 2.43. The van der Waals surface area contributed by atoms with E-state index in [0.29, 0.717) is 5.02 Å². The molecule has 3 rings (SSSR count). The van der Waals surface area contributed by atoms with Crippen molar-refractivity contribution in [1.29, 1.82) is 0 Å². The van der Waals surface area contributed by atoms with Crippen LogP contribution in [0.4, 0.5) is 0 Å². The van der Waals surface area contributed by atoms with E-state index in [4.69, 9.17) is 11.6 Å². The number of phenolic OH excluding ortho intramolecular Hbond substituents is 1. The van der Waals surface area contributed by atoms with Gasteiger partial charge in [-0.2, -0.15) is 0 Å². The Balaban J connectivity index is 2.10. The van der Waals surface area contributed by atoms with E-state index >= 15 is 0 Å². The lowest BCUT2D eigenvalue weighted by Gasteiger charge is -2.14. The number of para-hydroxylation sites is 1. The van der Waals surface area contributed by atoms with Crippen molar-refractivity contribution >= 4 is 11.6 Å². The Bertz CT molecular complexity index is 563. The van der Waals surface area contributed by atoms with Crippen LogP contribution in [-0.4, -0.2) is 5.11 Å². The van der Waals surface area contributed by atoms with Gasteiger partial charge in [0.25, 0.3) is 0 Å². The summed E-state index contributed by atoms with van der Waals surface area (Å²) in [6, 6.07) is 14.0. The van der Waals surface area contributed by atoms with Crippen molar-refractivity contribution in [3.8, 4) is 5.75 Å². The van der Waals surface area contributed by atoms with E-state index in [-0.39, 0.29) is 11.7 Å². The van der Waals surface area contributed by atoms with Crippen LogP contribution >= 0.6 is 11.6 Å². The lowest BCUT2D eigenvalue weighted by molar-refractivity contribution is 0.464. The first-order chi connectivity index (χ1) is 8.27. The third-order valence-electron chi connectivity index (χ3n) is 3.53. The molecule has 0 saturated heterocycles. The van der Waals surface area contributed by atoms with Crippen LogP contribution in [0.3, 0.4) is 0 Å². The van der Waals surface area contributed by atoms with Gasteiger partial charge in [0.2, 0.25) is 0 Å². The standard InChI is InChI=1S/C15H13ClO/c16-14-7-3-6-13(15(14)17)12-9-8-10-4-1-2-5-11(10)12/h1-7,12,17H,8-9H2. The third kappa shape index (κ3) is 1.71. The molecule has 0 radical (unpaired) electrons. The maximum absolute atomic E-state index is 10.1. The molecule has 1 atom stereocenters. The summed E-state index contributed by atoms with van der Waals surface area (Å²) < 4.78 is 0. The molecule has 2 aromatic carbocycles. The van der Waals surface area contributed by atoms with E-state index in [1.165, 1.54) is 11.1 Å². The molecule has 1 nitrogen and oxygen atoms in total. The lowest BCUT2D eigenvalue weighted by atomic mass is 9.92. The zero-order valence-electron chi connectivity index (χ0n) is 9.36. The fourth-order valence-corrected chi connectivity index (χ4v) is 2.88. The van der Waals surface area contributed by atoms with Gasteiger partial charge in [0.05, 0.1) is 5.02 Å². The van der Waals surface area contributed by atoms with Gasteiger partial charge in [-0.05, 0) is 30.0 Å². The number of phenols is 1. The molecular weight excluding hydrogens is 232 g/mol. The van der Waals surface area contributed by atoms with Crippen LogP contribution in [0.25, 0.3) is 0 Å². The Hall–Kier alpha value is -1.47. The zero-order valence-corrected chi connectivity index (χ0v) is 10.1. The second-order valence-corrected chi connectivity index (χ2v) is 4.87. The topological polar surface area (TPSA) is 20.2 Å². The van der Waals surface area contributed by atoms with Crippen LogP contribution in [-0.2, 0) is 6.42 Å². The molecule has 0 aromatic heterocycles. The number of hydrogen-bond donors (Lipinski definition) is 1. The maximum atomic E-state index is 10.1. The van der Waals surface area contributed by atoms with Crippen molar-refractivity contribution < 1.29 is 5.11 Å². The van der Waals surface area contributed by atoms with Crippen molar-refractivity contribution in [1.82, 2.24) is 0 Å². The molecule has 86 valence electrons. The monoisotopic (exact) mass is 244 g/mol. The summed E-state index contributed by atoms with van der Waals surface area (Å²) in [5.74, 6) is 0.515. The van der Waals surface area contributed by atoms with Crippen LogP contribution in [0, 0.1) is 0 Å². The van der Waals surface area contributed by atoms with Crippen LogP contribution < -0.4 is 0 Å². The highest BCUT2D eigenvalue weighted by Gasteiger charge is 2.25. The van der Waals surface area contributed by atoms with Gasteiger partial charge in [0, 0.05) is 11.5 Å². The number of aromatic hydroxyl groups is 1. The molecule has 0 spiro atoms. The van der Waals surface area contributed by atoms with Gasteiger partial charge in [-0.1, -0.05) is 48.0 Å². The highest BCUT2D eigenvalue weighted by molar-refractivity contribution is 6.32. The molecule has 2 aromatic rings. The number of benzene rings is 2. The highest BCUT2D eigenvalue weighted by atomic mass is 35.5. The third-order valence-corrected chi connectivity index (χ3v) is 3.83. The van der Waals surface area contributed by atoms with E-state index in [1.807, 2.05) is 12.1 Å². The molecule has 0 bridgehead atoms. The largest absolute Gasteiger partial charge is 0.506 e. The van der Waals surface area contributed by atoms with Gasteiger partial charge in [0.15, 0.2) is 0 Å². The van der Waals surface area contributed by atoms with Crippen molar-refractivity contribution in [2.75, 3.05) is 0 Å². The number of halogens is 1. The molecule has 1 N–H and O–H groups in total. The van der Waals surface area contributed by atoms with E-state index in [1.54, 1.807) is 6.07 Å². The van der Waals surface area contributed by atoms with E-state index in [9.17, 15) is 5.11 Å². The molecule has 0 fully saturated rings. The summed E-state index contributed by atoms with van der Waals surface area (Å²) in [4.78, 5) is 0. The first-order valence-electron chi connectivity index (χ1n) is 5.82. The van der Waals surface area contributed by atoms with E-state index in [0.717, 1.165) is 18.4 Å². The fourth-order valence-electron chi connectivity index (χ4n) is 2.69. The minimum absolute atomic E-state index is 0.232. The molecule has 2 heteroatoms. The molecule has 0 heterocycles. The average molecular weight is 245 g/mol. The maximum Gasteiger partial charge on any atom is 0.137 e. The summed E-state index contributed by atoms with van der Waals surface area (Å²) in [5, 5.41) is 10.5. The van der Waals surface area contributed by atoms with Crippen LogP contribution in [0.15, 0.2) is 42.5 Å². The van der Waals surface area contributed by atoms with E-state index in [2.05, 4.69) is 24.3 Å². The molecule has 1 aliphatic rings. The molecule has 0 saturated carbocycles. The number of hydrogen-bond acceptors (Lipinski definition) is 1. The summed E-state index contributed by atoms with van der Waals surface area (Å²) in [6.45, 7) is 0. The Labute approximate surface area is 106 Å². The van der Waals surface area contributed by atoms with Crippen LogP contribution in [0.5, 0.6) is 5.75 Å². The van der Waals surface area contributed by atoms with Gasteiger partial charge in [-0.15, -0.1) is 0 Å². The minimum atomic E-state index is 0.232. The fraction of sp³-hybridized carbons (Fsp3) is 0.200. The molecule has 1 aliphatic carbocycles. The SMILES string of the molecule is Oc1c(Cl)cccc1C1CCc2ccccc21.